The first kappa shape index (κ1) is 15.0. The number of benzene rings is 2. The molecule has 128 valence electrons. The van der Waals surface area contributed by atoms with Gasteiger partial charge in [0.05, 0.1) is 11.8 Å². The van der Waals surface area contributed by atoms with Crippen molar-refractivity contribution in [2.45, 2.75) is 11.8 Å². The zero-order valence-electron chi connectivity index (χ0n) is 14.2. The van der Waals surface area contributed by atoms with Gasteiger partial charge < -0.3 is 9.97 Å². The molecule has 1 fully saturated rings. The highest BCUT2D eigenvalue weighted by atomic mass is 16.2. The minimum atomic E-state index is -0.525. The summed E-state index contributed by atoms with van der Waals surface area (Å²) < 4.78 is 0. The fraction of sp³-hybridized carbons (Fsp3) is 0.143. The second-order valence-electron chi connectivity index (χ2n) is 6.77. The minimum absolute atomic E-state index is 0.157. The number of aromatic amines is 2. The molecule has 2 N–H and O–H groups in total. The zero-order chi connectivity index (χ0) is 17.8. The van der Waals surface area contributed by atoms with Gasteiger partial charge in [0.15, 0.2) is 0 Å². The maximum absolute atomic E-state index is 13.0. The predicted octanol–water partition coefficient (Wildman–Crippen LogP) is 3.52. The molecule has 2 amide bonds. The van der Waals surface area contributed by atoms with Gasteiger partial charge in [-0.2, -0.15) is 0 Å². The third kappa shape index (κ3) is 1.91. The summed E-state index contributed by atoms with van der Waals surface area (Å²) in [4.78, 5) is 33.7. The summed E-state index contributed by atoms with van der Waals surface area (Å²) >= 11 is 0. The van der Waals surface area contributed by atoms with Crippen LogP contribution in [0.15, 0.2) is 60.9 Å². The van der Waals surface area contributed by atoms with Crippen molar-refractivity contribution in [2.75, 3.05) is 7.05 Å². The van der Waals surface area contributed by atoms with Crippen molar-refractivity contribution in [1.29, 1.82) is 0 Å². The van der Waals surface area contributed by atoms with Crippen molar-refractivity contribution in [3.05, 3.63) is 72.1 Å². The van der Waals surface area contributed by atoms with Gasteiger partial charge in [0.25, 0.3) is 0 Å². The molecule has 0 saturated carbocycles. The van der Waals surface area contributed by atoms with Crippen LogP contribution in [0.5, 0.6) is 0 Å². The highest BCUT2D eigenvalue weighted by molar-refractivity contribution is 6.12. The highest BCUT2D eigenvalue weighted by Crippen LogP contribution is 2.45. The van der Waals surface area contributed by atoms with Crippen molar-refractivity contribution in [1.82, 2.24) is 14.9 Å². The third-order valence-electron chi connectivity index (χ3n) is 5.44. The molecule has 4 aromatic rings. The molecule has 3 heterocycles. The van der Waals surface area contributed by atoms with Crippen LogP contribution in [0.4, 0.5) is 0 Å². The Morgan fingerprint density at radius 3 is 1.62 bits per heavy atom. The number of imide groups is 1. The van der Waals surface area contributed by atoms with Crippen molar-refractivity contribution in [2.24, 2.45) is 0 Å². The lowest BCUT2D eigenvalue weighted by molar-refractivity contribution is -0.137. The molecule has 0 radical (unpaired) electrons. The lowest BCUT2D eigenvalue weighted by Gasteiger charge is -2.14. The van der Waals surface area contributed by atoms with Gasteiger partial charge in [-0.05, 0) is 23.3 Å². The van der Waals surface area contributed by atoms with E-state index in [-0.39, 0.29) is 11.8 Å². The van der Waals surface area contributed by atoms with Crippen LogP contribution in [-0.4, -0.2) is 33.7 Å². The van der Waals surface area contributed by atoms with Gasteiger partial charge in [-0.25, -0.2) is 0 Å². The average molecular weight is 343 g/mol. The van der Waals surface area contributed by atoms with Gasteiger partial charge in [-0.3, -0.25) is 14.5 Å². The number of carbonyl (C=O) groups excluding carboxylic acids is 2. The van der Waals surface area contributed by atoms with E-state index in [0.717, 1.165) is 32.9 Å². The van der Waals surface area contributed by atoms with Crippen molar-refractivity contribution in [3.8, 4) is 0 Å². The van der Waals surface area contributed by atoms with E-state index in [9.17, 15) is 9.59 Å². The molecule has 0 unspecified atom stereocenters. The van der Waals surface area contributed by atoms with E-state index in [1.54, 1.807) is 7.05 Å². The van der Waals surface area contributed by atoms with Crippen LogP contribution >= 0.6 is 0 Å². The Balaban J connectivity index is 1.74. The second-order valence-corrected chi connectivity index (χ2v) is 6.77. The van der Waals surface area contributed by atoms with Gasteiger partial charge in [0.1, 0.15) is 0 Å². The lowest BCUT2D eigenvalue weighted by atomic mass is 9.83. The van der Waals surface area contributed by atoms with Crippen LogP contribution in [-0.2, 0) is 9.59 Å². The Hall–Kier alpha value is -3.34. The maximum Gasteiger partial charge on any atom is 0.237 e. The molecule has 5 heteroatoms. The van der Waals surface area contributed by atoms with E-state index >= 15 is 0 Å². The van der Waals surface area contributed by atoms with E-state index in [4.69, 9.17) is 0 Å². The summed E-state index contributed by atoms with van der Waals surface area (Å²) in [6.45, 7) is 0. The number of H-pyrrole nitrogens is 2. The summed E-state index contributed by atoms with van der Waals surface area (Å²) in [5, 5.41) is 1.97. The van der Waals surface area contributed by atoms with Gasteiger partial charge in [-0.15, -0.1) is 0 Å². The molecule has 1 aliphatic heterocycles. The number of hydrogen-bond donors (Lipinski definition) is 2. The number of amides is 2. The number of carbonyl (C=O) groups is 2. The number of aromatic nitrogens is 2. The number of nitrogens with one attached hydrogen (secondary N) is 2. The molecule has 5 rings (SSSR count). The molecular weight excluding hydrogens is 326 g/mol. The first-order valence-corrected chi connectivity index (χ1v) is 8.60. The Morgan fingerprint density at radius 2 is 1.15 bits per heavy atom. The summed E-state index contributed by atoms with van der Waals surface area (Å²) in [5.74, 6) is -1.37. The van der Waals surface area contributed by atoms with Gasteiger partial charge >= 0.3 is 0 Å². The van der Waals surface area contributed by atoms with Crippen LogP contribution in [0.2, 0.25) is 0 Å². The fourth-order valence-electron chi connectivity index (χ4n) is 4.14. The number of hydrogen-bond acceptors (Lipinski definition) is 2. The minimum Gasteiger partial charge on any atom is -0.361 e. The number of likely N-dealkylation sites (N-methyl/N-ethyl adjacent to an activating group) is 1. The van der Waals surface area contributed by atoms with Crippen LogP contribution in [0.25, 0.3) is 21.8 Å². The predicted molar refractivity (Wildman–Crippen MR) is 99.9 cm³/mol. The Kier molecular flexibility index (Phi) is 3.06. The number of rotatable bonds is 2. The molecule has 1 aliphatic rings. The molecule has 5 nitrogen and oxygen atoms in total. The summed E-state index contributed by atoms with van der Waals surface area (Å²) in [6.07, 6.45) is 3.73. The van der Waals surface area contributed by atoms with E-state index in [0.29, 0.717) is 0 Å². The molecule has 2 atom stereocenters. The van der Waals surface area contributed by atoms with Crippen LogP contribution in [0, 0.1) is 0 Å². The second kappa shape index (κ2) is 5.33. The smallest absolute Gasteiger partial charge is 0.237 e. The third-order valence-corrected chi connectivity index (χ3v) is 5.44. The lowest BCUT2D eigenvalue weighted by Crippen LogP contribution is -2.25. The van der Waals surface area contributed by atoms with Crippen molar-refractivity contribution in [3.63, 3.8) is 0 Å². The molecule has 1 saturated heterocycles. The first-order valence-electron chi connectivity index (χ1n) is 8.60. The highest BCUT2D eigenvalue weighted by Gasteiger charge is 2.48. The molecule has 0 spiro atoms. The molecule has 2 aromatic heterocycles. The van der Waals surface area contributed by atoms with E-state index in [2.05, 4.69) is 9.97 Å². The number of para-hydroxylation sites is 2. The summed E-state index contributed by atoms with van der Waals surface area (Å²) in [6, 6.07) is 15.7. The Morgan fingerprint density at radius 1 is 0.731 bits per heavy atom. The largest absolute Gasteiger partial charge is 0.361 e. The molecule has 2 aromatic carbocycles. The molecule has 0 bridgehead atoms. The Labute approximate surface area is 149 Å². The zero-order valence-corrected chi connectivity index (χ0v) is 14.2. The molecule has 0 aliphatic carbocycles. The molecular formula is C21H17N3O2. The van der Waals surface area contributed by atoms with Crippen LogP contribution in [0.1, 0.15) is 23.0 Å². The topological polar surface area (TPSA) is 69.0 Å². The van der Waals surface area contributed by atoms with Crippen molar-refractivity contribution < 1.29 is 9.59 Å². The Bertz CT molecular complexity index is 1080. The van der Waals surface area contributed by atoms with E-state index in [1.165, 1.54) is 4.90 Å². The standard InChI is InChI=1S/C21H17N3O2/c1-24-20(25)18(14-10-22-16-8-4-2-6-12(14)16)19(21(24)26)15-11-23-17-9-5-3-7-13(15)17/h2-11,18-19,22-23H,1H3/t18-,19+. The quantitative estimate of drug-likeness (QED) is 0.547. The summed E-state index contributed by atoms with van der Waals surface area (Å²) in [7, 11) is 1.57. The first-order chi connectivity index (χ1) is 12.7. The number of fused-ring (bicyclic) bond motifs is 2. The van der Waals surface area contributed by atoms with Gasteiger partial charge in [0, 0.05) is 41.2 Å². The average Bonchev–Trinajstić information content (AvgIpc) is 3.33. The fourth-order valence-corrected chi connectivity index (χ4v) is 4.14. The van der Waals surface area contributed by atoms with Gasteiger partial charge in [-0.1, -0.05) is 36.4 Å². The van der Waals surface area contributed by atoms with E-state index < -0.39 is 11.8 Å². The monoisotopic (exact) mass is 343 g/mol. The summed E-state index contributed by atoms with van der Waals surface area (Å²) in [5.41, 5.74) is 3.68. The SMILES string of the molecule is CN1C(=O)[C@H](c2c[nH]c3ccccc23)[C@H](c2c[nH]c3ccccc23)C1=O. The van der Waals surface area contributed by atoms with Crippen LogP contribution in [0.3, 0.4) is 0 Å². The van der Waals surface area contributed by atoms with E-state index in [1.807, 2.05) is 60.9 Å². The number of likely N-dealkylation sites (tertiary alicyclic amines) is 1. The van der Waals surface area contributed by atoms with Crippen molar-refractivity contribution >= 4 is 33.6 Å². The van der Waals surface area contributed by atoms with Gasteiger partial charge in [0.2, 0.25) is 11.8 Å². The maximum atomic E-state index is 13.0. The molecule has 26 heavy (non-hydrogen) atoms. The van der Waals surface area contributed by atoms with Crippen LogP contribution < -0.4 is 0 Å². The number of nitrogens with zero attached hydrogens (tertiary/aromatic N) is 1. The normalized spacial score (nSPS) is 20.6.